The molecule has 1 aromatic carbocycles. The number of carbonyl (C=O) groups is 3. The van der Waals surface area contributed by atoms with Crippen molar-refractivity contribution in [3.63, 3.8) is 0 Å². The molecule has 1 rings (SSSR count). The highest BCUT2D eigenvalue weighted by Gasteiger charge is 2.28. The fourth-order valence-electron chi connectivity index (χ4n) is 1.61. The van der Waals surface area contributed by atoms with Gasteiger partial charge in [-0.1, -0.05) is 18.2 Å². The number of hydrogen-bond acceptors (Lipinski definition) is 6. The molecule has 1 aromatic rings. The van der Waals surface area contributed by atoms with Gasteiger partial charge in [0.15, 0.2) is 0 Å². The minimum atomic E-state index is -1.19. The Bertz CT molecular complexity index is 549. The monoisotopic (exact) mass is 323 g/mol. The first kappa shape index (κ1) is 18.5. The number of esters is 2. The molecule has 126 valence electrons. The lowest BCUT2D eigenvalue weighted by atomic mass is 10.2. The predicted octanol–water partition coefficient (Wildman–Crippen LogP) is 2.05. The molecule has 0 aliphatic rings. The zero-order valence-corrected chi connectivity index (χ0v) is 13.6. The van der Waals surface area contributed by atoms with Crippen molar-refractivity contribution < 1.29 is 28.6 Å². The molecule has 0 aromatic heterocycles. The van der Waals surface area contributed by atoms with Gasteiger partial charge in [-0.05, 0) is 32.9 Å². The zero-order chi connectivity index (χ0) is 17.5. The van der Waals surface area contributed by atoms with Gasteiger partial charge < -0.3 is 19.5 Å². The molecule has 0 saturated heterocycles. The van der Waals surface area contributed by atoms with Crippen LogP contribution in [0.25, 0.3) is 0 Å². The molecule has 0 bridgehead atoms. The average Bonchev–Trinajstić information content (AvgIpc) is 2.44. The van der Waals surface area contributed by atoms with Crippen LogP contribution in [0.15, 0.2) is 30.3 Å². The van der Waals surface area contributed by atoms with Crippen LogP contribution >= 0.6 is 0 Å². The van der Waals surface area contributed by atoms with E-state index in [1.165, 1.54) is 0 Å². The molecule has 0 spiro atoms. The summed E-state index contributed by atoms with van der Waals surface area (Å²) in [5, 5.41) is 2.30. The lowest BCUT2D eigenvalue weighted by Crippen LogP contribution is -2.45. The Kier molecular flexibility index (Phi) is 6.56. The largest absolute Gasteiger partial charge is 0.467 e. The van der Waals surface area contributed by atoms with Crippen molar-refractivity contribution in [2.75, 3.05) is 7.11 Å². The third-order valence-electron chi connectivity index (χ3n) is 2.52. The minimum absolute atomic E-state index is 0.346. The number of para-hydroxylation sites is 1. The van der Waals surface area contributed by atoms with Crippen molar-refractivity contribution in [3.05, 3.63) is 30.3 Å². The Morgan fingerprint density at radius 3 is 2.26 bits per heavy atom. The number of amides is 1. The summed E-state index contributed by atoms with van der Waals surface area (Å²) in [7, 11) is 1.16. The van der Waals surface area contributed by atoms with E-state index in [9.17, 15) is 14.4 Å². The van der Waals surface area contributed by atoms with E-state index in [1.54, 1.807) is 51.1 Å². The maximum atomic E-state index is 11.9. The van der Waals surface area contributed by atoms with E-state index in [-0.39, 0.29) is 6.42 Å². The average molecular weight is 323 g/mol. The van der Waals surface area contributed by atoms with E-state index in [2.05, 4.69) is 10.1 Å². The Labute approximate surface area is 134 Å². The van der Waals surface area contributed by atoms with Crippen LogP contribution < -0.4 is 10.1 Å². The highest BCUT2D eigenvalue weighted by atomic mass is 16.6. The van der Waals surface area contributed by atoms with E-state index in [1.807, 2.05) is 0 Å². The molecule has 7 nitrogen and oxygen atoms in total. The van der Waals surface area contributed by atoms with Crippen LogP contribution in [0.1, 0.15) is 27.2 Å². The Balaban J connectivity index is 2.66. The van der Waals surface area contributed by atoms with E-state index >= 15 is 0 Å². The first-order chi connectivity index (χ1) is 10.7. The van der Waals surface area contributed by atoms with Gasteiger partial charge in [0.2, 0.25) is 0 Å². The van der Waals surface area contributed by atoms with Gasteiger partial charge in [-0.25, -0.2) is 9.59 Å². The maximum Gasteiger partial charge on any atom is 0.408 e. The Hall–Kier alpha value is -2.57. The molecule has 0 radical (unpaired) electrons. The molecule has 0 fully saturated rings. The van der Waals surface area contributed by atoms with Gasteiger partial charge in [-0.2, -0.15) is 0 Å². The first-order valence-electron chi connectivity index (χ1n) is 7.04. The number of hydrogen-bond donors (Lipinski definition) is 1. The third-order valence-corrected chi connectivity index (χ3v) is 2.52. The Morgan fingerprint density at radius 2 is 1.74 bits per heavy atom. The Morgan fingerprint density at radius 1 is 1.13 bits per heavy atom. The first-order valence-corrected chi connectivity index (χ1v) is 7.04. The highest BCUT2D eigenvalue weighted by Crippen LogP contribution is 2.11. The maximum absolute atomic E-state index is 11.9. The van der Waals surface area contributed by atoms with Gasteiger partial charge in [0.1, 0.15) is 17.4 Å². The van der Waals surface area contributed by atoms with Crippen LogP contribution in [-0.2, 0) is 19.1 Å². The molecule has 1 N–H and O–H groups in total. The number of ether oxygens (including phenoxy) is 3. The van der Waals surface area contributed by atoms with E-state index in [0.717, 1.165) is 7.11 Å². The summed E-state index contributed by atoms with van der Waals surface area (Å²) in [6.07, 6.45) is -1.19. The summed E-state index contributed by atoms with van der Waals surface area (Å²) in [5.41, 5.74) is -0.727. The van der Waals surface area contributed by atoms with Crippen LogP contribution in [0, 0.1) is 0 Å². The fourth-order valence-corrected chi connectivity index (χ4v) is 1.61. The van der Waals surface area contributed by atoms with Gasteiger partial charge in [0.05, 0.1) is 13.5 Å². The van der Waals surface area contributed by atoms with Crippen molar-refractivity contribution in [2.45, 2.75) is 38.8 Å². The van der Waals surface area contributed by atoms with Crippen LogP contribution in [0.3, 0.4) is 0 Å². The molecule has 0 heterocycles. The summed E-state index contributed by atoms with van der Waals surface area (Å²) in [6.45, 7) is 5.05. The lowest BCUT2D eigenvalue weighted by molar-refractivity contribution is -0.147. The quantitative estimate of drug-likeness (QED) is 0.659. The predicted molar refractivity (Wildman–Crippen MR) is 81.9 cm³/mol. The molecular weight excluding hydrogens is 302 g/mol. The van der Waals surface area contributed by atoms with Crippen LogP contribution in [0.2, 0.25) is 0 Å². The van der Waals surface area contributed by atoms with Crippen molar-refractivity contribution in [3.8, 4) is 5.75 Å². The lowest BCUT2D eigenvalue weighted by Gasteiger charge is -2.22. The molecule has 0 aliphatic heterocycles. The molecule has 1 atom stereocenters. The smallest absolute Gasteiger partial charge is 0.408 e. The van der Waals surface area contributed by atoms with Crippen molar-refractivity contribution in [1.29, 1.82) is 0 Å². The van der Waals surface area contributed by atoms with Crippen LogP contribution in [-0.4, -0.2) is 36.8 Å². The van der Waals surface area contributed by atoms with E-state index in [0.29, 0.717) is 5.75 Å². The number of carbonyl (C=O) groups excluding carboxylic acids is 3. The van der Waals surface area contributed by atoms with Gasteiger partial charge >= 0.3 is 18.0 Å². The molecule has 0 aliphatic carbocycles. The molecule has 0 saturated carbocycles. The topological polar surface area (TPSA) is 90.9 Å². The summed E-state index contributed by atoms with van der Waals surface area (Å²) < 4.78 is 14.7. The zero-order valence-electron chi connectivity index (χ0n) is 13.6. The van der Waals surface area contributed by atoms with Crippen molar-refractivity contribution in [2.24, 2.45) is 0 Å². The minimum Gasteiger partial charge on any atom is -0.467 e. The second kappa shape index (κ2) is 8.17. The van der Waals surface area contributed by atoms with Crippen LogP contribution in [0.5, 0.6) is 5.75 Å². The summed E-state index contributed by atoms with van der Waals surface area (Å²) in [6, 6.07) is 7.21. The summed E-state index contributed by atoms with van der Waals surface area (Å²) in [4.78, 5) is 35.3. The molecular formula is C16H21NO6. The second-order valence-corrected chi connectivity index (χ2v) is 5.71. The summed E-state index contributed by atoms with van der Waals surface area (Å²) in [5.74, 6) is -1.10. The van der Waals surface area contributed by atoms with Gasteiger partial charge in [0.25, 0.3) is 0 Å². The standard InChI is InChI=1S/C16H21NO6/c1-16(2,3)23-15(20)17-12(14(19)21-4)10-13(18)22-11-8-6-5-7-9-11/h5-9,12H,10H2,1-4H3,(H,17,20)/t12-/m0/s1. The normalized spacial score (nSPS) is 12.0. The van der Waals surface area contributed by atoms with Gasteiger partial charge in [-0.3, -0.25) is 4.79 Å². The van der Waals surface area contributed by atoms with E-state index < -0.39 is 29.7 Å². The van der Waals surface area contributed by atoms with E-state index in [4.69, 9.17) is 9.47 Å². The van der Waals surface area contributed by atoms with Crippen molar-refractivity contribution in [1.82, 2.24) is 5.32 Å². The highest BCUT2D eigenvalue weighted by molar-refractivity contribution is 5.86. The van der Waals surface area contributed by atoms with Crippen LogP contribution in [0.4, 0.5) is 4.79 Å². The van der Waals surface area contributed by atoms with Gasteiger partial charge in [-0.15, -0.1) is 0 Å². The number of nitrogens with one attached hydrogen (secondary N) is 1. The van der Waals surface area contributed by atoms with Crippen molar-refractivity contribution >= 4 is 18.0 Å². The molecule has 7 heteroatoms. The SMILES string of the molecule is COC(=O)[C@H](CC(=O)Oc1ccccc1)NC(=O)OC(C)(C)C. The number of rotatable bonds is 5. The second-order valence-electron chi connectivity index (χ2n) is 5.71. The number of alkyl carbamates (subject to hydrolysis) is 1. The number of benzene rings is 1. The molecule has 0 unspecified atom stereocenters. The molecule has 23 heavy (non-hydrogen) atoms. The number of methoxy groups -OCH3 is 1. The van der Waals surface area contributed by atoms with Gasteiger partial charge in [0, 0.05) is 0 Å². The summed E-state index contributed by atoms with van der Waals surface area (Å²) >= 11 is 0. The molecule has 1 amide bonds. The fraction of sp³-hybridized carbons (Fsp3) is 0.438. The third kappa shape index (κ3) is 7.30.